The van der Waals surface area contributed by atoms with E-state index in [9.17, 15) is 0 Å². The summed E-state index contributed by atoms with van der Waals surface area (Å²) >= 11 is 0. The van der Waals surface area contributed by atoms with Crippen LogP contribution in [0.2, 0.25) is 0 Å². The average Bonchev–Trinajstić information content (AvgIpc) is 2.63. The highest BCUT2D eigenvalue weighted by Crippen LogP contribution is 2.11. The minimum Gasteiger partial charge on any atom is -0.337 e. The number of rotatable bonds is 3. The molecule has 0 bridgehead atoms. The van der Waals surface area contributed by atoms with E-state index in [-0.39, 0.29) is 0 Å². The van der Waals surface area contributed by atoms with Crippen molar-refractivity contribution in [3.8, 4) is 0 Å². The Hall–Kier alpha value is -1.09. The van der Waals surface area contributed by atoms with Crippen molar-refractivity contribution in [1.29, 1.82) is 0 Å². The second kappa shape index (κ2) is 4.42. The van der Waals surface area contributed by atoms with E-state index >= 15 is 0 Å². The molecule has 1 atom stereocenters. The molecule has 3 nitrogen and oxygen atoms in total. The summed E-state index contributed by atoms with van der Waals surface area (Å²) in [4.78, 5) is 4.09. The highest BCUT2D eigenvalue weighted by molar-refractivity contribution is 4.99. The van der Waals surface area contributed by atoms with Crippen molar-refractivity contribution in [1.82, 2.24) is 14.9 Å². The van der Waals surface area contributed by atoms with Crippen molar-refractivity contribution in [3.63, 3.8) is 0 Å². The molecule has 3 heteroatoms. The Balaban J connectivity index is 1.82. The number of hydrogen-bond acceptors (Lipinski definition) is 2. The molecule has 1 aromatic heterocycles. The Labute approximate surface area is 84.8 Å². The minimum absolute atomic E-state index is 0.648. The third-order valence-electron chi connectivity index (χ3n) is 2.76. The van der Waals surface area contributed by atoms with E-state index < -0.39 is 0 Å². The summed E-state index contributed by atoms with van der Waals surface area (Å²) in [5.74, 6) is 0. The van der Waals surface area contributed by atoms with Crippen molar-refractivity contribution in [2.24, 2.45) is 7.05 Å². The standard InChI is InChI=1S/C11H17N3/c1-14-9-12-7-11(14)8-13-10-5-3-2-4-6-10/h2-3,7,9-10,13H,4-6,8H2,1H3. The van der Waals surface area contributed by atoms with Crippen LogP contribution in [0.5, 0.6) is 0 Å². The fourth-order valence-corrected chi connectivity index (χ4v) is 1.78. The lowest BCUT2D eigenvalue weighted by Gasteiger charge is -2.19. The van der Waals surface area contributed by atoms with Gasteiger partial charge < -0.3 is 9.88 Å². The Morgan fingerprint density at radius 2 is 2.50 bits per heavy atom. The SMILES string of the molecule is Cn1cncc1CNC1CC=CCC1. The minimum atomic E-state index is 0.648. The first-order chi connectivity index (χ1) is 6.86. The molecular weight excluding hydrogens is 174 g/mol. The molecule has 1 aliphatic rings. The molecule has 14 heavy (non-hydrogen) atoms. The number of hydrogen-bond donors (Lipinski definition) is 1. The van der Waals surface area contributed by atoms with Gasteiger partial charge in [0.1, 0.15) is 0 Å². The molecule has 0 saturated heterocycles. The van der Waals surface area contributed by atoms with Gasteiger partial charge in [-0.3, -0.25) is 0 Å². The number of nitrogens with zero attached hydrogens (tertiary/aromatic N) is 2. The number of imidazole rings is 1. The molecule has 0 amide bonds. The van der Waals surface area contributed by atoms with Gasteiger partial charge in [0.05, 0.1) is 12.0 Å². The van der Waals surface area contributed by atoms with E-state index in [2.05, 4.69) is 27.0 Å². The van der Waals surface area contributed by atoms with Crippen LogP contribution in [0.15, 0.2) is 24.7 Å². The van der Waals surface area contributed by atoms with Gasteiger partial charge in [0.15, 0.2) is 0 Å². The van der Waals surface area contributed by atoms with Gasteiger partial charge in [-0.1, -0.05) is 12.2 Å². The third-order valence-corrected chi connectivity index (χ3v) is 2.76. The van der Waals surface area contributed by atoms with Crippen molar-refractivity contribution >= 4 is 0 Å². The van der Waals surface area contributed by atoms with Gasteiger partial charge in [-0.2, -0.15) is 0 Å². The summed E-state index contributed by atoms with van der Waals surface area (Å²) in [5.41, 5.74) is 1.25. The smallest absolute Gasteiger partial charge is 0.0945 e. The summed E-state index contributed by atoms with van der Waals surface area (Å²) in [6, 6.07) is 0.648. The zero-order valence-corrected chi connectivity index (χ0v) is 8.61. The first-order valence-corrected chi connectivity index (χ1v) is 5.20. The lowest BCUT2D eigenvalue weighted by molar-refractivity contribution is 0.467. The molecule has 1 aromatic rings. The second-order valence-corrected chi connectivity index (χ2v) is 3.86. The molecule has 1 aliphatic carbocycles. The Kier molecular flexibility index (Phi) is 2.99. The molecule has 0 fully saturated rings. The van der Waals surface area contributed by atoms with Crippen LogP contribution >= 0.6 is 0 Å². The Morgan fingerprint density at radius 3 is 3.14 bits per heavy atom. The van der Waals surface area contributed by atoms with E-state index in [0.29, 0.717) is 6.04 Å². The van der Waals surface area contributed by atoms with Gasteiger partial charge in [0.2, 0.25) is 0 Å². The zero-order valence-electron chi connectivity index (χ0n) is 8.61. The highest BCUT2D eigenvalue weighted by Gasteiger charge is 2.09. The summed E-state index contributed by atoms with van der Waals surface area (Å²) in [7, 11) is 2.03. The van der Waals surface area contributed by atoms with Crippen LogP contribution < -0.4 is 5.32 Å². The van der Waals surface area contributed by atoms with Gasteiger partial charge in [0.25, 0.3) is 0 Å². The molecule has 1 N–H and O–H groups in total. The molecule has 76 valence electrons. The Bertz CT molecular complexity index is 314. The van der Waals surface area contributed by atoms with E-state index in [1.54, 1.807) is 0 Å². The van der Waals surface area contributed by atoms with E-state index in [4.69, 9.17) is 0 Å². The van der Waals surface area contributed by atoms with Crippen LogP contribution in [-0.2, 0) is 13.6 Å². The normalized spacial score (nSPS) is 21.4. The van der Waals surface area contributed by atoms with Gasteiger partial charge in [-0.15, -0.1) is 0 Å². The quantitative estimate of drug-likeness (QED) is 0.736. The monoisotopic (exact) mass is 191 g/mol. The molecule has 0 aromatic carbocycles. The molecular formula is C11H17N3. The molecule has 1 heterocycles. The summed E-state index contributed by atoms with van der Waals surface area (Å²) in [6.45, 7) is 0.926. The van der Waals surface area contributed by atoms with E-state index in [1.807, 2.05) is 19.6 Å². The van der Waals surface area contributed by atoms with Crippen LogP contribution in [0.4, 0.5) is 0 Å². The van der Waals surface area contributed by atoms with Gasteiger partial charge in [0, 0.05) is 25.8 Å². The average molecular weight is 191 g/mol. The van der Waals surface area contributed by atoms with Crippen LogP contribution in [-0.4, -0.2) is 15.6 Å². The maximum absolute atomic E-state index is 4.09. The predicted octanol–water partition coefficient (Wildman–Crippen LogP) is 1.62. The van der Waals surface area contributed by atoms with Crippen LogP contribution in [0, 0.1) is 0 Å². The number of aryl methyl sites for hydroxylation is 1. The van der Waals surface area contributed by atoms with Crippen molar-refractivity contribution in [2.45, 2.75) is 31.8 Å². The fraction of sp³-hybridized carbons (Fsp3) is 0.545. The summed E-state index contributed by atoms with van der Waals surface area (Å²) in [5, 5.41) is 3.55. The lowest BCUT2D eigenvalue weighted by Crippen LogP contribution is -2.29. The summed E-state index contributed by atoms with van der Waals surface area (Å²) in [6.07, 6.45) is 11.9. The number of aromatic nitrogens is 2. The topological polar surface area (TPSA) is 29.9 Å². The van der Waals surface area contributed by atoms with Crippen LogP contribution in [0.25, 0.3) is 0 Å². The maximum Gasteiger partial charge on any atom is 0.0945 e. The molecule has 0 saturated carbocycles. The molecule has 2 rings (SSSR count). The first-order valence-electron chi connectivity index (χ1n) is 5.20. The summed E-state index contributed by atoms with van der Waals surface area (Å²) < 4.78 is 2.06. The largest absolute Gasteiger partial charge is 0.337 e. The molecule has 0 spiro atoms. The fourth-order valence-electron chi connectivity index (χ4n) is 1.78. The molecule has 1 unspecified atom stereocenters. The van der Waals surface area contributed by atoms with Gasteiger partial charge in [-0.05, 0) is 19.3 Å². The number of allylic oxidation sites excluding steroid dienone is 1. The van der Waals surface area contributed by atoms with Gasteiger partial charge >= 0.3 is 0 Å². The van der Waals surface area contributed by atoms with E-state index in [1.165, 1.54) is 18.5 Å². The van der Waals surface area contributed by atoms with Gasteiger partial charge in [-0.25, -0.2) is 4.98 Å². The van der Waals surface area contributed by atoms with Crippen molar-refractivity contribution < 1.29 is 0 Å². The molecule has 0 aliphatic heterocycles. The second-order valence-electron chi connectivity index (χ2n) is 3.86. The third kappa shape index (κ3) is 2.23. The van der Waals surface area contributed by atoms with E-state index in [0.717, 1.165) is 13.0 Å². The van der Waals surface area contributed by atoms with Crippen LogP contribution in [0.3, 0.4) is 0 Å². The predicted molar refractivity (Wildman–Crippen MR) is 56.8 cm³/mol. The molecule has 0 radical (unpaired) electrons. The first kappa shape index (κ1) is 9.46. The highest BCUT2D eigenvalue weighted by atomic mass is 15.0. The van der Waals surface area contributed by atoms with Crippen molar-refractivity contribution in [3.05, 3.63) is 30.4 Å². The van der Waals surface area contributed by atoms with Crippen molar-refractivity contribution in [2.75, 3.05) is 0 Å². The Morgan fingerprint density at radius 1 is 1.57 bits per heavy atom. The van der Waals surface area contributed by atoms with Crippen LogP contribution in [0.1, 0.15) is 25.0 Å². The maximum atomic E-state index is 4.09. The lowest BCUT2D eigenvalue weighted by atomic mass is 10.0. The number of nitrogens with one attached hydrogen (secondary N) is 1. The zero-order chi connectivity index (χ0) is 9.80.